The summed E-state index contributed by atoms with van der Waals surface area (Å²) in [5.74, 6) is 0. The summed E-state index contributed by atoms with van der Waals surface area (Å²) in [6.45, 7) is 1.75. The van der Waals surface area contributed by atoms with E-state index in [0.29, 0.717) is 26.2 Å². The average Bonchev–Trinajstić information content (AvgIpc) is 2.47. The van der Waals surface area contributed by atoms with Crippen LogP contribution in [0.1, 0.15) is 30.0 Å². The summed E-state index contributed by atoms with van der Waals surface area (Å²) in [6.07, 6.45) is -10.7. The topological polar surface area (TPSA) is 15.3 Å². The molecule has 1 heterocycles. The smallest absolute Gasteiger partial charge is 0.314 e. The molecule has 0 aliphatic carbocycles. The molecule has 0 saturated carbocycles. The van der Waals surface area contributed by atoms with E-state index in [4.69, 9.17) is 11.6 Å². The Hall–Kier alpha value is -0.990. The zero-order valence-electron chi connectivity index (χ0n) is 12.6. The summed E-state index contributed by atoms with van der Waals surface area (Å²) >= 11 is 5.98. The van der Waals surface area contributed by atoms with Gasteiger partial charge in [0.05, 0.1) is 5.56 Å². The lowest BCUT2D eigenvalue weighted by atomic mass is 9.94. The molecule has 2 rings (SSSR count). The molecule has 2 nitrogen and oxygen atoms in total. The molecule has 1 fully saturated rings. The summed E-state index contributed by atoms with van der Waals surface area (Å²) < 4.78 is 77.9. The third-order valence-electron chi connectivity index (χ3n) is 3.99. The maximum atomic E-state index is 13.3. The average molecular weight is 375 g/mol. The van der Waals surface area contributed by atoms with Crippen LogP contribution in [0.4, 0.5) is 26.3 Å². The van der Waals surface area contributed by atoms with E-state index in [1.165, 1.54) is 6.07 Å². The predicted molar refractivity (Wildman–Crippen MR) is 78.9 cm³/mol. The molecule has 1 aliphatic heterocycles. The van der Waals surface area contributed by atoms with E-state index in [1.54, 1.807) is 4.90 Å². The minimum Gasteiger partial charge on any atom is -0.314 e. The standard InChI is InChI=1S/C15H17ClF6N2/c16-11-3-1-2-10(15(20,21)22)13(11)12(4-5-14(17,18)19)24-8-6-23-7-9-24/h1-3,12,23H,4-9H2/t12-/m1/s1. The predicted octanol–water partition coefficient (Wildman–Crippen LogP) is 4.65. The second-order valence-electron chi connectivity index (χ2n) is 5.65. The summed E-state index contributed by atoms with van der Waals surface area (Å²) in [5.41, 5.74) is -1.24. The van der Waals surface area contributed by atoms with Crippen LogP contribution in [-0.4, -0.2) is 37.3 Å². The van der Waals surface area contributed by atoms with Crippen molar-refractivity contribution in [2.75, 3.05) is 26.2 Å². The van der Waals surface area contributed by atoms with Crippen molar-refractivity contribution in [2.24, 2.45) is 0 Å². The third-order valence-corrected chi connectivity index (χ3v) is 4.31. The molecule has 136 valence electrons. The van der Waals surface area contributed by atoms with Crippen LogP contribution < -0.4 is 5.32 Å². The Kier molecular flexibility index (Phi) is 6.04. The van der Waals surface area contributed by atoms with Crippen LogP contribution in [0, 0.1) is 0 Å². The van der Waals surface area contributed by atoms with Crippen LogP contribution in [0.5, 0.6) is 0 Å². The van der Waals surface area contributed by atoms with Crippen molar-refractivity contribution in [3.05, 3.63) is 34.3 Å². The highest BCUT2D eigenvalue weighted by molar-refractivity contribution is 6.31. The zero-order chi connectivity index (χ0) is 18.0. The van der Waals surface area contributed by atoms with Gasteiger partial charge in [0.15, 0.2) is 0 Å². The van der Waals surface area contributed by atoms with Gasteiger partial charge in [-0.1, -0.05) is 17.7 Å². The molecular formula is C15H17ClF6N2. The molecule has 0 amide bonds. The Morgan fingerprint density at radius 1 is 1.08 bits per heavy atom. The number of benzene rings is 1. The number of nitrogens with zero attached hydrogens (tertiary/aromatic N) is 1. The molecule has 0 radical (unpaired) electrons. The first kappa shape index (κ1) is 19.3. The number of halogens is 7. The van der Waals surface area contributed by atoms with E-state index in [9.17, 15) is 26.3 Å². The minimum absolute atomic E-state index is 0.157. The third kappa shape index (κ3) is 5.00. The molecule has 1 atom stereocenters. The lowest BCUT2D eigenvalue weighted by Gasteiger charge is -2.37. The minimum atomic E-state index is -4.68. The van der Waals surface area contributed by atoms with Gasteiger partial charge in [0.1, 0.15) is 0 Å². The van der Waals surface area contributed by atoms with Gasteiger partial charge in [0, 0.05) is 49.2 Å². The molecule has 1 aliphatic rings. The highest BCUT2D eigenvalue weighted by atomic mass is 35.5. The quantitative estimate of drug-likeness (QED) is 0.772. The van der Waals surface area contributed by atoms with E-state index < -0.39 is 36.8 Å². The highest BCUT2D eigenvalue weighted by Crippen LogP contribution is 2.42. The van der Waals surface area contributed by atoms with Crippen molar-refractivity contribution in [1.29, 1.82) is 0 Å². The summed E-state index contributed by atoms with van der Waals surface area (Å²) in [7, 11) is 0. The van der Waals surface area contributed by atoms with E-state index in [0.717, 1.165) is 12.1 Å². The number of hydrogen-bond acceptors (Lipinski definition) is 2. The summed E-state index contributed by atoms with van der Waals surface area (Å²) in [6, 6.07) is 2.28. The SMILES string of the molecule is FC(F)(F)CC[C@H](c1c(Cl)cccc1C(F)(F)F)N1CCNCC1. The second-order valence-corrected chi connectivity index (χ2v) is 6.06. The first-order valence-electron chi connectivity index (χ1n) is 7.47. The van der Waals surface area contributed by atoms with Crippen molar-refractivity contribution >= 4 is 11.6 Å². The maximum Gasteiger partial charge on any atom is 0.416 e. The molecule has 1 aromatic carbocycles. The fraction of sp³-hybridized carbons (Fsp3) is 0.600. The highest BCUT2D eigenvalue weighted by Gasteiger charge is 2.39. The monoisotopic (exact) mass is 374 g/mol. The summed E-state index contributed by atoms with van der Waals surface area (Å²) in [4.78, 5) is 1.64. The lowest BCUT2D eigenvalue weighted by Crippen LogP contribution is -2.45. The number of rotatable bonds is 4. The number of piperazine rings is 1. The largest absolute Gasteiger partial charge is 0.416 e. The molecule has 24 heavy (non-hydrogen) atoms. The van der Waals surface area contributed by atoms with Gasteiger partial charge in [-0.05, 0) is 18.6 Å². The van der Waals surface area contributed by atoms with Crippen LogP contribution in [0.15, 0.2) is 18.2 Å². The van der Waals surface area contributed by atoms with Crippen molar-refractivity contribution in [2.45, 2.75) is 31.2 Å². The molecule has 0 bridgehead atoms. The number of hydrogen-bond donors (Lipinski definition) is 1. The van der Waals surface area contributed by atoms with Crippen LogP contribution >= 0.6 is 11.6 Å². The normalized spacial score (nSPS) is 18.6. The second kappa shape index (κ2) is 7.49. The molecule has 0 spiro atoms. The van der Waals surface area contributed by atoms with Gasteiger partial charge in [-0.25, -0.2) is 0 Å². The maximum absolute atomic E-state index is 13.3. The van der Waals surface area contributed by atoms with E-state index in [-0.39, 0.29) is 10.6 Å². The molecule has 1 aromatic rings. The number of alkyl halides is 6. The molecular weight excluding hydrogens is 358 g/mol. The van der Waals surface area contributed by atoms with Gasteiger partial charge in [0.25, 0.3) is 0 Å². The van der Waals surface area contributed by atoms with Crippen molar-refractivity contribution in [1.82, 2.24) is 10.2 Å². The van der Waals surface area contributed by atoms with Gasteiger partial charge in [-0.3, -0.25) is 4.90 Å². The van der Waals surface area contributed by atoms with Crippen LogP contribution in [0.2, 0.25) is 5.02 Å². The molecule has 1 saturated heterocycles. The Morgan fingerprint density at radius 2 is 1.71 bits per heavy atom. The molecule has 9 heteroatoms. The van der Waals surface area contributed by atoms with Crippen LogP contribution in [0.3, 0.4) is 0 Å². The first-order valence-corrected chi connectivity index (χ1v) is 7.84. The summed E-state index contributed by atoms with van der Waals surface area (Å²) in [5, 5.41) is 2.88. The van der Waals surface area contributed by atoms with Crippen molar-refractivity contribution in [3.8, 4) is 0 Å². The molecule has 1 N–H and O–H groups in total. The van der Waals surface area contributed by atoms with Crippen molar-refractivity contribution < 1.29 is 26.3 Å². The van der Waals surface area contributed by atoms with Crippen LogP contribution in [-0.2, 0) is 6.18 Å². The van der Waals surface area contributed by atoms with Gasteiger partial charge in [-0.15, -0.1) is 0 Å². The van der Waals surface area contributed by atoms with E-state index >= 15 is 0 Å². The Balaban J connectivity index is 2.42. The Morgan fingerprint density at radius 3 is 2.25 bits per heavy atom. The fourth-order valence-corrected chi connectivity index (χ4v) is 3.23. The van der Waals surface area contributed by atoms with Gasteiger partial charge in [0.2, 0.25) is 0 Å². The van der Waals surface area contributed by atoms with Gasteiger partial charge < -0.3 is 5.32 Å². The van der Waals surface area contributed by atoms with Gasteiger partial charge >= 0.3 is 12.4 Å². The molecule has 0 aromatic heterocycles. The zero-order valence-corrected chi connectivity index (χ0v) is 13.4. The van der Waals surface area contributed by atoms with Crippen LogP contribution in [0.25, 0.3) is 0 Å². The molecule has 0 unspecified atom stereocenters. The van der Waals surface area contributed by atoms with Gasteiger partial charge in [-0.2, -0.15) is 26.3 Å². The lowest BCUT2D eigenvalue weighted by molar-refractivity contribution is -0.141. The Labute approximate surface area is 140 Å². The van der Waals surface area contributed by atoms with E-state index in [1.807, 2.05) is 0 Å². The van der Waals surface area contributed by atoms with Crippen molar-refractivity contribution in [3.63, 3.8) is 0 Å². The fourth-order valence-electron chi connectivity index (χ4n) is 2.93. The number of nitrogens with one attached hydrogen (secondary N) is 1. The first-order chi connectivity index (χ1) is 11.1. The van der Waals surface area contributed by atoms with E-state index in [2.05, 4.69) is 5.32 Å². The Bertz CT molecular complexity index is 552.